The average Bonchev–Trinajstić information content (AvgIpc) is 2.69. The van der Waals surface area contributed by atoms with E-state index in [1.165, 1.54) is 12.8 Å². The van der Waals surface area contributed by atoms with Crippen LogP contribution >= 0.6 is 0 Å². The second-order valence-electron chi connectivity index (χ2n) is 5.51. The van der Waals surface area contributed by atoms with E-state index in [-0.39, 0.29) is 6.10 Å². The zero-order valence-corrected chi connectivity index (χ0v) is 11.5. The molecule has 0 radical (unpaired) electrons. The topological polar surface area (TPSA) is 44.7 Å². The van der Waals surface area contributed by atoms with Gasteiger partial charge in [0.15, 0.2) is 0 Å². The van der Waals surface area contributed by atoms with Gasteiger partial charge < -0.3 is 15.2 Å². The minimum atomic E-state index is -0.375. The van der Waals surface area contributed by atoms with Crippen LogP contribution in [0.3, 0.4) is 0 Å². The van der Waals surface area contributed by atoms with E-state index in [4.69, 9.17) is 4.74 Å². The Bertz CT molecular complexity index is 194. The molecule has 0 aromatic rings. The smallest absolute Gasteiger partial charge is 0.0900 e. The van der Waals surface area contributed by atoms with Gasteiger partial charge in [-0.2, -0.15) is 0 Å². The molecule has 2 unspecified atom stereocenters. The highest BCUT2D eigenvalue weighted by Crippen LogP contribution is 2.09. The predicted octanol–water partition coefficient (Wildman–Crippen LogP) is 0.704. The summed E-state index contributed by atoms with van der Waals surface area (Å²) in [5.41, 5.74) is 0. The van der Waals surface area contributed by atoms with Crippen LogP contribution < -0.4 is 5.32 Å². The Morgan fingerprint density at radius 3 is 2.71 bits per heavy atom. The molecule has 17 heavy (non-hydrogen) atoms. The quantitative estimate of drug-likeness (QED) is 0.660. The van der Waals surface area contributed by atoms with Gasteiger partial charge in [0.1, 0.15) is 0 Å². The van der Waals surface area contributed by atoms with Crippen molar-refractivity contribution in [3.8, 4) is 0 Å². The molecule has 4 heteroatoms. The van der Waals surface area contributed by atoms with Gasteiger partial charge in [-0.15, -0.1) is 0 Å². The molecule has 2 atom stereocenters. The highest BCUT2D eigenvalue weighted by molar-refractivity contribution is 4.79. The van der Waals surface area contributed by atoms with Crippen LogP contribution in [-0.2, 0) is 4.74 Å². The molecule has 1 saturated heterocycles. The summed E-state index contributed by atoms with van der Waals surface area (Å²) in [6.45, 7) is 8.80. The Hall–Kier alpha value is -0.160. The maximum Gasteiger partial charge on any atom is 0.0900 e. The number of hydrogen-bond acceptors (Lipinski definition) is 4. The van der Waals surface area contributed by atoms with E-state index in [9.17, 15) is 5.11 Å². The van der Waals surface area contributed by atoms with Crippen molar-refractivity contribution >= 4 is 0 Å². The van der Waals surface area contributed by atoms with Crippen molar-refractivity contribution in [2.75, 3.05) is 39.9 Å². The number of ether oxygens (including phenoxy) is 1. The molecule has 0 amide bonds. The van der Waals surface area contributed by atoms with E-state index in [1.54, 1.807) is 7.11 Å². The summed E-state index contributed by atoms with van der Waals surface area (Å²) in [5, 5.41) is 13.3. The standard InChI is InChI=1S/C13H28N2O2/c1-11(2)7-15(9-13(16)10-17-3)8-12-5-4-6-14-12/h11-14,16H,4-10H2,1-3H3. The molecule has 0 aromatic carbocycles. The van der Waals surface area contributed by atoms with Crippen LogP contribution in [0.25, 0.3) is 0 Å². The number of nitrogens with one attached hydrogen (secondary N) is 1. The lowest BCUT2D eigenvalue weighted by molar-refractivity contribution is 0.0333. The number of aliphatic hydroxyl groups excluding tert-OH is 1. The SMILES string of the molecule is COCC(O)CN(CC(C)C)CC1CCCN1. The zero-order chi connectivity index (χ0) is 12.7. The number of aliphatic hydroxyl groups is 1. The molecule has 4 nitrogen and oxygen atoms in total. The summed E-state index contributed by atoms with van der Waals surface area (Å²) in [7, 11) is 1.63. The molecular formula is C13H28N2O2. The van der Waals surface area contributed by atoms with Crippen LogP contribution in [0.2, 0.25) is 0 Å². The van der Waals surface area contributed by atoms with Gasteiger partial charge in [-0.3, -0.25) is 4.90 Å². The Morgan fingerprint density at radius 1 is 1.41 bits per heavy atom. The lowest BCUT2D eigenvalue weighted by Crippen LogP contribution is -2.43. The minimum absolute atomic E-state index is 0.375. The third-order valence-corrected chi connectivity index (χ3v) is 3.09. The van der Waals surface area contributed by atoms with E-state index >= 15 is 0 Å². The summed E-state index contributed by atoms with van der Waals surface area (Å²) in [5.74, 6) is 0.631. The summed E-state index contributed by atoms with van der Waals surface area (Å²) in [6.07, 6.45) is 2.16. The van der Waals surface area contributed by atoms with Crippen molar-refractivity contribution in [2.24, 2.45) is 5.92 Å². The van der Waals surface area contributed by atoms with Gasteiger partial charge in [0.05, 0.1) is 12.7 Å². The lowest BCUT2D eigenvalue weighted by Gasteiger charge is -2.29. The monoisotopic (exact) mass is 244 g/mol. The Labute approximate surface area is 105 Å². The number of methoxy groups -OCH3 is 1. The molecule has 1 aliphatic heterocycles. The summed E-state index contributed by atoms with van der Waals surface area (Å²) in [6, 6.07) is 0.600. The molecule has 0 spiro atoms. The maximum absolute atomic E-state index is 9.82. The minimum Gasteiger partial charge on any atom is -0.389 e. The summed E-state index contributed by atoms with van der Waals surface area (Å²) < 4.78 is 4.99. The van der Waals surface area contributed by atoms with Gasteiger partial charge in [-0.05, 0) is 25.3 Å². The molecule has 2 N–H and O–H groups in total. The van der Waals surface area contributed by atoms with Gasteiger partial charge in [0, 0.05) is 32.8 Å². The van der Waals surface area contributed by atoms with E-state index in [0.717, 1.165) is 19.6 Å². The van der Waals surface area contributed by atoms with Crippen LogP contribution in [0.1, 0.15) is 26.7 Å². The molecule has 0 bridgehead atoms. The molecule has 0 aromatic heterocycles. The zero-order valence-electron chi connectivity index (χ0n) is 11.5. The number of hydrogen-bond donors (Lipinski definition) is 2. The average molecular weight is 244 g/mol. The molecule has 102 valence electrons. The Balaban J connectivity index is 2.35. The lowest BCUT2D eigenvalue weighted by atomic mass is 10.1. The van der Waals surface area contributed by atoms with E-state index in [1.807, 2.05) is 0 Å². The van der Waals surface area contributed by atoms with Gasteiger partial charge in [0.25, 0.3) is 0 Å². The van der Waals surface area contributed by atoms with Crippen molar-refractivity contribution in [2.45, 2.75) is 38.8 Å². The van der Waals surface area contributed by atoms with Gasteiger partial charge >= 0.3 is 0 Å². The fourth-order valence-electron chi connectivity index (χ4n) is 2.51. The fourth-order valence-corrected chi connectivity index (χ4v) is 2.51. The van der Waals surface area contributed by atoms with Gasteiger partial charge in [0.2, 0.25) is 0 Å². The first-order valence-corrected chi connectivity index (χ1v) is 6.74. The molecule has 1 aliphatic rings. The van der Waals surface area contributed by atoms with Crippen LogP contribution in [0.4, 0.5) is 0 Å². The Morgan fingerprint density at radius 2 is 2.18 bits per heavy atom. The van der Waals surface area contributed by atoms with Crippen LogP contribution in [0, 0.1) is 5.92 Å². The highest BCUT2D eigenvalue weighted by Gasteiger charge is 2.20. The Kier molecular flexibility index (Phi) is 7.04. The molecule has 1 fully saturated rings. The summed E-state index contributed by atoms with van der Waals surface area (Å²) >= 11 is 0. The van der Waals surface area contributed by atoms with Crippen molar-refractivity contribution in [3.05, 3.63) is 0 Å². The van der Waals surface area contributed by atoms with Gasteiger partial charge in [-0.1, -0.05) is 13.8 Å². The first-order valence-electron chi connectivity index (χ1n) is 6.74. The third-order valence-electron chi connectivity index (χ3n) is 3.09. The van der Waals surface area contributed by atoms with Gasteiger partial charge in [-0.25, -0.2) is 0 Å². The largest absolute Gasteiger partial charge is 0.389 e. The maximum atomic E-state index is 9.82. The third kappa shape index (κ3) is 6.36. The van der Waals surface area contributed by atoms with E-state index in [0.29, 0.717) is 25.1 Å². The molecule has 0 saturated carbocycles. The fraction of sp³-hybridized carbons (Fsp3) is 1.00. The molecule has 1 rings (SSSR count). The van der Waals surface area contributed by atoms with E-state index in [2.05, 4.69) is 24.1 Å². The molecule has 1 heterocycles. The second-order valence-corrected chi connectivity index (χ2v) is 5.51. The predicted molar refractivity (Wildman–Crippen MR) is 70.2 cm³/mol. The first kappa shape index (κ1) is 14.9. The van der Waals surface area contributed by atoms with E-state index < -0.39 is 0 Å². The van der Waals surface area contributed by atoms with Crippen LogP contribution in [0.15, 0.2) is 0 Å². The van der Waals surface area contributed by atoms with Crippen molar-refractivity contribution in [1.29, 1.82) is 0 Å². The molecule has 0 aliphatic carbocycles. The van der Waals surface area contributed by atoms with Crippen molar-refractivity contribution in [1.82, 2.24) is 10.2 Å². The first-order chi connectivity index (χ1) is 8.11. The second kappa shape index (κ2) is 8.03. The number of nitrogens with zero attached hydrogens (tertiary/aromatic N) is 1. The highest BCUT2D eigenvalue weighted by atomic mass is 16.5. The van der Waals surface area contributed by atoms with Crippen molar-refractivity contribution in [3.63, 3.8) is 0 Å². The number of rotatable bonds is 8. The van der Waals surface area contributed by atoms with Crippen molar-refractivity contribution < 1.29 is 9.84 Å². The summed E-state index contributed by atoms with van der Waals surface area (Å²) in [4.78, 5) is 2.36. The normalized spacial score (nSPS) is 22.6. The molecular weight excluding hydrogens is 216 g/mol. The van der Waals surface area contributed by atoms with Crippen LogP contribution in [0.5, 0.6) is 0 Å². The van der Waals surface area contributed by atoms with Crippen LogP contribution in [-0.4, -0.2) is 62.0 Å².